The van der Waals surface area contributed by atoms with Crippen molar-refractivity contribution in [3.8, 4) is 0 Å². The van der Waals surface area contributed by atoms with Crippen molar-refractivity contribution in [3.63, 3.8) is 0 Å². The van der Waals surface area contributed by atoms with Crippen molar-refractivity contribution in [2.75, 3.05) is 0 Å². The second-order valence-corrected chi connectivity index (χ2v) is 9.03. The smallest absolute Gasteiger partial charge is 0.200 e. The first-order valence-corrected chi connectivity index (χ1v) is 12.1. The maximum absolute atomic E-state index is 12.2. The Balaban J connectivity index is 2.25. The highest BCUT2D eigenvalue weighted by atomic mass is 32.2. The van der Waals surface area contributed by atoms with Crippen LogP contribution in [-0.4, -0.2) is 14.1 Å². The number of nitrogens with zero attached hydrogens (tertiary/aromatic N) is 1. The fraction of sp³-hybridized carbons (Fsp3) is 0.682. The fourth-order valence-corrected chi connectivity index (χ4v) is 3.80. The van der Waals surface area contributed by atoms with Gasteiger partial charge in [0.1, 0.15) is 0 Å². The molecule has 0 aliphatic rings. The minimum Gasteiger partial charge on any atom is -0.200 e. The van der Waals surface area contributed by atoms with E-state index in [1.807, 2.05) is 19.1 Å². The number of hydrogen-bond acceptors (Lipinski definition) is 3. The SMILES string of the molecule is CCCCCCCCCCCCc1ccc(S(=O)(=O)N/N=C(/C)CC)cc1. The van der Waals surface area contributed by atoms with E-state index in [4.69, 9.17) is 0 Å². The maximum Gasteiger partial charge on any atom is 0.276 e. The molecule has 1 N–H and O–H groups in total. The highest BCUT2D eigenvalue weighted by Crippen LogP contribution is 2.15. The minimum atomic E-state index is -3.56. The molecule has 0 unspecified atom stereocenters. The van der Waals surface area contributed by atoms with Crippen molar-refractivity contribution in [2.24, 2.45) is 5.10 Å². The molecule has 0 aliphatic heterocycles. The summed E-state index contributed by atoms with van der Waals surface area (Å²) in [4.78, 5) is 2.56. The van der Waals surface area contributed by atoms with E-state index in [2.05, 4.69) is 16.9 Å². The van der Waals surface area contributed by atoms with Gasteiger partial charge in [0.25, 0.3) is 10.0 Å². The fourth-order valence-electron chi connectivity index (χ4n) is 2.92. The summed E-state index contributed by atoms with van der Waals surface area (Å²) in [6.45, 7) is 6.00. The maximum atomic E-state index is 12.2. The zero-order chi connectivity index (χ0) is 20.0. The van der Waals surface area contributed by atoms with E-state index in [0.29, 0.717) is 0 Å². The lowest BCUT2D eigenvalue weighted by atomic mass is 10.0. The molecule has 0 fully saturated rings. The Kier molecular flexibility index (Phi) is 12.1. The Morgan fingerprint density at radius 1 is 0.852 bits per heavy atom. The predicted octanol–water partition coefficient (Wildman–Crippen LogP) is 6.21. The molecular weight excluding hydrogens is 356 g/mol. The van der Waals surface area contributed by atoms with E-state index in [1.54, 1.807) is 19.1 Å². The molecule has 0 atom stereocenters. The monoisotopic (exact) mass is 394 g/mol. The lowest BCUT2D eigenvalue weighted by Gasteiger charge is -2.06. The number of sulfonamides is 1. The number of benzene rings is 1. The molecule has 1 rings (SSSR count). The van der Waals surface area contributed by atoms with Crippen LogP contribution in [0.4, 0.5) is 0 Å². The Bertz CT molecular complexity index is 637. The average Bonchev–Trinajstić information content (AvgIpc) is 2.68. The number of hydrogen-bond donors (Lipinski definition) is 1. The van der Waals surface area contributed by atoms with Crippen LogP contribution in [0, 0.1) is 0 Å². The van der Waals surface area contributed by atoms with E-state index in [9.17, 15) is 8.42 Å². The average molecular weight is 395 g/mol. The van der Waals surface area contributed by atoms with Gasteiger partial charge in [0.15, 0.2) is 0 Å². The van der Waals surface area contributed by atoms with Crippen LogP contribution < -0.4 is 4.83 Å². The molecule has 0 aliphatic carbocycles. The summed E-state index contributed by atoms with van der Waals surface area (Å²) in [6.07, 6.45) is 15.0. The predicted molar refractivity (Wildman–Crippen MR) is 116 cm³/mol. The number of aryl methyl sites for hydroxylation is 1. The standard InChI is InChI=1S/C22H38N2O2S/c1-4-6-7-8-9-10-11-12-13-14-15-21-16-18-22(19-17-21)27(25,26)24-23-20(3)5-2/h16-19,24H,4-15H2,1-3H3/b23-20-. The van der Waals surface area contributed by atoms with Crippen molar-refractivity contribution in [1.82, 2.24) is 4.83 Å². The van der Waals surface area contributed by atoms with E-state index in [-0.39, 0.29) is 4.90 Å². The lowest BCUT2D eigenvalue weighted by Crippen LogP contribution is -2.19. The summed E-state index contributed by atoms with van der Waals surface area (Å²) < 4.78 is 24.4. The van der Waals surface area contributed by atoms with Gasteiger partial charge in [0.2, 0.25) is 0 Å². The Hall–Kier alpha value is -1.36. The molecule has 0 heterocycles. The molecule has 154 valence electrons. The van der Waals surface area contributed by atoms with Crippen LogP contribution in [-0.2, 0) is 16.4 Å². The molecule has 27 heavy (non-hydrogen) atoms. The normalized spacial score (nSPS) is 12.3. The quantitative estimate of drug-likeness (QED) is 0.218. The summed E-state index contributed by atoms with van der Waals surface area (Å²) in [5.74, 6) is 0. The zero-order valence-corrected chi connectivity index (χ0v) is 18.3. The first-order valence-electron chi connectivity index (χ1n) is 10.6. The Morgan fingerprint density at radius 3 is 1.89 bits per heavy atom. The van der Waals surface area contributed by atoms with Crippen LogP contribution in [0.3, 0.4) is 0 Å². The molecule has 0 saturated carbocycles. The molecular formula is C22H38N2O2S. The zero-order valence-electron chi connectivity index (χ0n) is 17.5. The molecule has 0 bridgehead atoms. The van der Waals surface area contributed by atoms with E-state index in [0.717, 1.165) is 18.6 Å². The van der Waals surface area contributed by atoms with Crippen molar-refractivity contribution in [1.29, 1.82) is 0 Å². The van der Waals surface area contributed by atoms with Gasteiger partial charge in [-0.05, 0) is 43.9 Å². The third kappa shape index (κ3) is 10.5. The highest BCUT2D eigenvalue weighted by molar-refractivity contribution is 7.89. The van der Waals surface area contributed by atoms with E-state index in [1.165, 1.54) is 69.8 Å². The molecule has 5 heteroatoms. The van der Waals surface area contributed by atoms with Gasteiger partial charge in [-0.1, -0.05) is 83.8 Å². The molecule has 0 spiro atoms. The van der Waals surface area contributed by atoms with Gasteiger partial charge < -0.3 is 0 Å². The third-order valence-electron chi connectivity index (χ3n) is 4.92. The van der Waals surface area contributed by atoms with Crippen LogP contribution in [0.5, 0.6) is 0 Å². The van der Waals surface area contributed by atoms with Gasteiger partial charge in [-0.25, -0.2) is 4.83 Å². The molecule has 1 aromatic rings. The van der Waals surface area contributed by atoms with Crippen molar-refractivity contribution in [3.05, 3.63) is 29.8 Å². The molecule has 4 nitrogen and oxygen atoms in total. The van der Waals surface area contributed by atoms with Crippen molar-refractivity contribution in [2.45, 2.75) is 103 Å². The molecule has 0 aromatic heterocycles. The first-order chi connectivity index (χ1) is 13.0. The van der Waals surface area contributed by atoms with Gasteiger partial charge >= 0.3 is 0 Å². The van der Waals surface area contributed by atoms with Crippen LogP contribution >= 0.6 is 0 Å². The minimum absolute atomic E-state index is 0.266. The van der Waals surface area contributed by atoms with Gasteiger partial charge in [0, 0.05) is 5.71 Å². The van der Waals surface area contributed by atoms with Gasteiger partial charge in [-0.2, -0.15) is 13.5 Å². The summed E-state index contributed by atoms with van der Waals surface area (Å²) >= 11 is 0. The molecule has 0 radical (unpaired) electrons. The Labute approximate surface area is 166 Å². The van der Waals surface area contributed by atoms with E-state index >= 15 is 0 Å². The lowest BCUT2D eigenvalue weighted by molar-refractivity contribution is 0.556. The van der Waals surface area contributed by atoms with Crippen LogP contribution in [0.2, 0.25) is 0 Å². The van der Waals surface area contributed by atoms with Gasteiger partial charge in [-0.3, -0.25) is 0 Å². The first kappa shape index (κ1) is 23.7. The summed E-state index contributed by atoms with van der Waals surface area (Å²) in [5, 5.41) is 3.90. The number of hydrazone groups is 1. The summed E-state index contributed by atoms with van der Waals surface area (Å²) in [6, 6.07) is 7.17. The topological polar surface area (TPSA) is 58.5 Å². The third-order valence-corrected chi connectivity index (χ3v) is 6.15. The van der Waals surface area contributed by atoms with Crippen molar-refractivity contribution < 1.29 is 8.42 Å². The van der Waals surface area contributed by atoms with Crippen LogP contribution in [0.1, 0.15) is 97.0 Å². The number of unbranched alkanes of at least 4 members (excludes halogenated alkanes) is 9. The summed E-state index contributed by atoms with van der Waals surface area (Å²) in [7, 11) is -3.56. The van der Waals surface area contributed by atoms with Crippen LogP contribution in [0.15, 0.2) is 34.3 Å². The highest BCUT2D eigenvalue weighted by Gasteiger charge is 2.12. The van der Waals surface area contributed by atoms with Crippen LogP contribution in [0.25, 0.3) is 0 Å². The van der Waals surface area contributed by atoms with Crippen molar-refractivity contribution >= 4 is 15.7 Å². The second-order valence-electron chi connectivity index (χ2n) is 7.37. The molecule has 0 saturated heterocycles. The molecule has 1 aromatic carbocycles. The largest absolute Gasteiger partial charge is 0.276 e. The number of rotatable bonds is 15. The number of nitrogens with one attached hydrogen (secondary N) is 1. The van der Waals surface area contributed by atoms with E-state index < -0.39 is 10.0 Å². The van der Waals surface area contributed by atoms with Gasteiger partial charge in [-0.15, -0.1) is 0 Å². The van der Waals surface area contributed by atoms with Gasteiger partial charge in [0.05, 0.1) is 4.90 Å². The Morgan fingerprint density at radius 2 is 1.37 bits per heavy atom. The molecule has 0 amide bonds. The summed E-state index contributed by atoms with van der Waals surface area (Å²) in [5.41, 5.74) is 1.96. The second kappa shape index (κ2) is 13.8.